The predicted octanol–water partition coefficient (Wildman–Crippen LogP) is 4.64. The van der Waals surface area contributed by atoms with Gasteiger partial charge in [0.15, 0.2) is 0 Å². The summed E-state index contributed by atoms with van der Waals surface area (Å²) in [6.45, 7) is 6.01. The van der Waals surface area contributed by atoms with Crippen molar-refractivity contribution >= 4 is 6.09 Å². The predicted molar refractivity (Wildman–Crippen MR) is 82.2 cm³/mol. The van der Waals surface area contributed by atoms with Crippen LogP contribution in [-0.4, -0.2) is 17.7 Å². The van der Waals surface area contributed by atoms with Crippen molar-refractivity contribution in [2.45, 2.75) is 57.7 Å². The van der Waals surface area contributed by atoms with Crippen LogP contribution in [0.5, 0.6) is 0 Å². The van der Waals surface area contributed by atoms with Crippen molar-refractivity contribution in [3.63, 3.8) is 0 Å². The molecular formula is C16H20F6N2O2. The van der Waals surface area contributed by atoms with Gasteiger partial charge < -0.3 is 15.8 Å². The molecule has 148 valence electrons. The molecule has 0 saturated carbocycles. The number of amides is 1. The fraction of sp³-hybridized carbons (Fsp3) is 0.562. The molecule has 0 aliphatic carbocycles. The Labute approximate surface area is 146 Å². The second kappa shape index (κ2) is 7.34. The molecule has 3 N–H and O–H groups in total. The summed E-state index contributed by atoms with van der Waals surface area (Å²) in [7, 11) is 0. The van der Waals surface area contributed by atoms with Gasteiger partial charge in [0, 0.05) is 6.04 Å². The van der Waals surface area contributed by atoms with Gasteiger partial charge in [-0.15, -0.1) is 0 Å². The first-order chi connectivity index (χ1) is 11.5. The lowest BCUT2D eigenvalue weighted by molar-refractivity contribution is -0.143. The minimum atomic E-state index is -5.00. The number of nitrogens with one attached hydrogen (secondary N) is 1. The first kappa shape index (κ1) is 22.1. The van der Waals surface area contributed by atoms with Gasteiger partial charge in [-0.2, -0.15) is 26.3 Å². The Morgan fingerprint density at radius 3 is 1.73 bits per heavy atom. The van der Waals surface area contributed by atoms with Crippen LogP contribution in [0.1, 0.15) is 50.4 Å². The first-order valence-corrected chi connectivity index (χ1v) is 7.55. The van der Waals surface area contributed by atoms with Gasteiger partial charge in [-0.05, 0) is 51.5 Å². The average molecular weight is 386 g/mol. The molecule has 1 aromatic carbocycles. The van der Waals surface area contributed by atoms with Gasteiger partial charge in [-0.3, -0.25) is 0 Å². The summed E-state index contributed by atoms with van der Waals surface area (Å²) in [4.78, 5) is 11.9. The highest BCUT2D eigenvalue weighted by atomic mass is 19.4. The van der Waals surface area contributed by atoms with E-state index in [9.17, 15) is 31.1 Å². The number of alkyl carbamates (subject to hydrolysis) is 1. The zero-order valence-corrected chi connectivity index (χ0v) is 14.5. The number of alkyl halides is 6. The van der Waals surface area contributed by atoms with Gasteiger partial charge in [-0.25, -0.2) is 4.79 Å². The molecule has 0 aromatic heterocycles. The van der Waals surface area contributed by atoms with Crippen molar-refractivity contribution in [2.24, 2.45) is 5.73 Å². The minimum Gasteiger partial charge on any atom is -0.444 e. The smallest absolute Gasteiger partial charge is 0.416 e. The van der Waals surface area contributed by atoms with E-state index in [1.54, 1.807) is 20.8 Å². The molecular weight excluding hydrogens is 366 g/mol. The molecule has 2 atom stereocenters. The Hall–Kier alpha value is -1.97. The number of rotatable bonds is 3. The Morgan fingerprint density at radius 1 is 1.00 bits per heavy atom. The lowest BCUT2D eigenvalue weighted by atomic mass is 9.96. The molecule has 0 fully saturated rings. The van der Waals surface area contributed by atoms with Gasteiger partial charge in [0.05, 0.1) is 17.2 Å². The third-order valence-electron chi connectivity index (χ3n) is 3.17. The highest BCUT2D eigenvalue weighted by Gasteiger charge is 2.38. The molecule has 0 radical (unpaired) electrons. The number of carbonyl (C=O) groups excluding carboxylic acids is 1. The van der Waals surface area contributed by atoms with Crippen molar-refractivity contribution in [3.05, 3.63) is 34.9 Å². The third-order valence-corrected chi connectivity index (χ3v) is 3.17. The van der Waals surface area contributed by atoms with Gasteiger partial charge >= 0.3 is 18.4 Å². The summed E-state index contributed by atoms with van der Waals surface area (Å²) in [5.41, 5.74) is 1.36. The Balaban J connectivity index is 3.36. The largest absolute Gasteiger partial charge is 0.444 e. The summed E-state index contributed by atoms with van der Waals surface area (Å²) in [5.74, 6) is 0. The molecule has 26 heavy (non-hydrogen) atoms. The first-order valence-electron chi connectivity index (χ1n) is 7.55. The molecule has 1 amide bonds. The van der Waals surface area contributed by atoms with Crippen molar-refractivity contribution < 1.29 is 35.9 Å². The molecule has 1 aromatic rings. The van der Waals surface area contributed by atoms with E-state index >= 15 is 0 Å². The van der Waals surface area contributed by atoms with Crippen LogP contribution in [0.25, 0.3) is 0 Å². The second-order valence-corrected chi connectivity index (χ2v) is 6.82. The quantitative estimate of drug-likeness (QED) is 0.744. The van der Waals surface area contributed by atoms with E-state index in [1.165, 1.54) is 6.92 Å². The molecule has 4 nitrogen and oxygen atoms in total. The van der Waals surface area contributed by atoms with E-state index in [-0.39, 0.29) is 6.07 Å². The minimum absolute atomic E-state index is 0.00915. The standard InChI is InChI=1S/C16H20F6N2O2/c1-8(23)12(24-13(25)26-14(2,3)4)9-5-10(15(17,18)19)7-11(6-9)16(20,21)22/h5-8,12H,23H2,1-4H3,(H,24,25)/t8?,12-/m0/s1. The summed E-state index contributed by atoms with van der Waals surface area (Å²) < 4.78 is 82.8. The van der Waals surface area contributed by atoms with E-state index in [0.717, 1.165) is 0 Å². The number of ether oxygens (including phenoxy) is 1. The summed E-state index contributed by atoms with van der Waals surface area (Å²) in [6.07, 6.45) is -11.0. The Morgan fingerprint density at radius 2 is 1.42 bits per heavy atom. The third kappa shape index (κ3) is 6.40. The number of carbonyl (C=O) groups is 1. The van der Waals surface area contributed by atoms with E-state index in [0.29, 0.717) is 12.1 Å². The lowest BCUT2D eigenvalue weighted by Gasteiger charge is -2.27. The van der Waals surface area contributed by atoms with Crippen LogP contribution < -0.4 is 11.1 Å². The highest BCUT2D eigenvalue weighted by molar-refractivity contribution is 5.68. The monoisotopic (exact) mass is 386 g/mol. The van der Waals surface area contributed by atoms with Gasteiger partial charge in [0.2, 0.25) is 0 Å². The maximum atomic E-state index is 13.0. The fourth-order valence-electron chi connectivity index (χ4n) is 2.11. The normalized spacial score (nSPS) is 15.3. The topological polar surface area (TPSA) is 64.3 Å². The van der Waals surface area contributed by atoms with E-state index in [4.69, 9.17) is 10.5 Å². The van der Waals surface area contributed by atoms with Crippen LogP contribution in [0.15, 0.2) is 18.2 Å². The maximum Gasteiger partial charge on any atom is 0.416 e. The van der Waals surface area contributed by atoms with Gasteiger partial charge in [-0.1, -0.05) is 0 Å². The molecule has 0 spiro atoms. The summed E-state index contributed by atoms with van der Waals surface area (Å²) >= 11 is 0. The lowest BCUT2D eigenvalue weighted by Crippen LogP contribution is -2.42. The van der Waals surface area contributed by atoms with Crippen LogP contribution in [0.3, 0.4) is 0 Å². The summed E-state index contributed by atoms with van der Waals surface area (Å²) in [6, 6.07) is -1.23. The summed E-state index contributed by atoms with van der Waals surface area (Å²) in [5, 5.41) is 2.23. The van der Waals surface area contributed by atoms with Crippen molar-refractivity contribution in [3.8, 4) is 0 Å². The molecule has 0 bridgehead atoms. The van der Waals surface area contributed by atoms with E-state index in [1.807, 2.05) is 0 Å². The van der Waals surface area contributed by atoms with Crippen LogP contribution in [0.4, 0.5) is 31.1 Å². The van der Waals surface area contributed by atoms with Crippen molar-refractivity contribution in [2.75, 3.05) is 0 Å². The number of halogens is 6. The second-order valence-electron chi connectivity index (χ2n) is 6.82. The zero-order valence-electron chi connectivity index (χ0n) is 14.5. The molecule has 0 aliphatic rings. The maximum absolute atomic E-state index is 13.0. The van der Waals surface area contributed by atoms with Gasteiger partial charge in [0.1, 0.15) is 5.60 Å². The number of hydrogen-bond acceptors (Lipinski definition) is 3. The number of nitrogens with two attached hydrogens (primary N) is 1. The SMILES string of the molecule is CC(N)[C@H](NC(=O)OC(C)(C)C)c1cc(C(F)(F)F)cc(C(F)(F)F)c1. The molecule has 10 heteroatoms. The van der Waals surface area contributed by atoms with Crippen molar-refractivity contribution in [1.29, 1.82) is 0 Å². The Kier molecular flexibility index (Phi) is 6.23. The Bertz CT molecular complexity index is 615. The molecule has 1 unspecified atom stereocenters. The fourth-order valence-corrected chi connectivity index (χ4v) is 2.11. The van der Waals surface area contributed by atoms with Gasteiger partial charge in [0.25, 0.3) is 0 Å². The molecule has 0 aliphatic heterocycles. The molecule has 1 rings (SSSR count). The average Bonchev–Trinajstić information content (AvgIpc) is 2.40. The van der Waals surface area contributed by atoms with Crippen LogP contribution in [0.2, 0.25) is 0 Å². The van der Waals surface area contributed by atoms with Crippen LogP contribution >= 0.6 is 0 Å². The van der Waals surface area contributed by atoms with E-state index < -0.39 is 52.8 Å². The van der Waals surface area contributed by atoms with Crippen LogP contribution in [-0.2, 0) is 17.1 Å². The zero-order chi connectivity index (χ0) is 20.5. The number of hydrogen-bond donors (Lipinski definition) is 2. The van der Waals surface area contributed by atoms with E-state index in [2.05, 4.69) is 5.32 Å². The van der Waals surface area contributed by atoms with Crippen molar-refractivity contribution in [1.82, 2.24) is 5.32 Å². The van der Waals surface area contributed by atoms with Crippen LogP contribution in [0, 0.1) is 0 Å². The molecule has 0 heterocycles. The molecule has 0 saturated heterocycles. The highest BCUT2D eigenvalue weighted by Crippen LogP contribution is 2.37. The number of benzene rings is 1.